The zero-order valence-electron chi connectivity index (χ0n) is 16.2. The average Bonchev–Trinajstić information content (AvgIpc) is 3.27. The Hall–Kier alpha value is -2.49. The van der Waals surface area contributed by atoms with Gasteiger partial charge in [-0.1, -0.05) is 42.1 Å². The summed E-state index contributed by atoms with van der Waals surface area (Å²) < 4.78 is 7.12. The molecule has 0 unspecified atom stereocenters. The summed E-state index contributed by atoms with van der Waals surface area (Å²) in [6.45, 7) is 3.30. The Morgan fingerprint density at radius 2 is 1.86 bits per heavy atom. The molecule has 29 heavy (non-hydrogen) atoms. The number of esters is 1. The molecule has 1 aliphatic carbocycles. The van der Waals surface area contributed by atoms with E-state index in [9.17, 15) is 14.9 Å². The van der Waals surface area contributed by atoms with E-state index in [1.165, 1.54) is 12.1 Å². The first-order valence-electron chi connectivity index (χ1n) is 9.37. The van der Waals surface area contributed by atoms with Gasteiger partial charge in [0.1, 0.15) is 11.9 Å². The Morgan fingerprint density at radius 3 is 2.45 bits per heavy atom. The predicted molar refractivity (Wildman–Crippen MR) is 112 cm³/mol. The summed E-state index contributed by atoms with van der Waals surface area (Å²) in [4.78, 5) is 24.8. The van der Waals surface area contributed by atoms with Crippen LogP contribution in [0.15, 0.2) is 18.2 Å². The highest BCUT2D eigenvalue weighted by atomic mass is 35.5. The van der Waals surface area contributed by atoms with Crippen LogP contribution in [0, 0.1) is 25.2 Å². The monoisotopic (exact) mass is 433 g/mol. The number of hydrogen-bond donors (Lipinski definition) is 1. The van der Waals surface area contributed by atoms with Gasteiger partial charge in [-0.3, -0.25) is 4.79 Å². The van der Waals surface area contributed by atoms with Gasteiger partial charge in [-0.15, -0.1) is 0 Å². The summed E-state index contributed by atoms with van der Waals surface area (Å²) in [6, 6.07) is 7.07. The largest absolute Gasteiger partial charge is 0.452 e. The van der Waals surface area contributed by atoms with E-state index in [2.05, 4.69) is 11.4 Å². The number of carbonyl (C=O) groups is 2. The Kier molecular flexibility index (Phi) is 6.51. The maximum atomic E-state index is 12.5. The van der Waals surface area contributed by atoms with Crippen LogP contribution in [0.5, 0.6) is 0 Å². The molecule has 0 aliphatic heterocycles. The molecule has 1 aromatic carbocycles. The van der Waals surface area contributed by atoms with Crippen molar-refractivity contribution in [2.75, 3.05) is 11.9 Å². The van der Waals surface area contributed by atoms with Crippen LogP contribution in [0.2, 0.25) is 10.0 Å². The summed E-state index contributed by atoms with van der Waals surface area (Å²) in [6.07, 6.45) is 4.24. The normalized spacial score (nSPS) is 13.9. The molecule has 0 radical (unpaired) electrons. The van der Waals surface area contributed by atoms with Gasteiger partial charge in [0.2, 0.25) is 0 Å². The fraction of sp³-hybridized carbons (Fsp3) is 0.381. The predicted octanol–water partition coefficient (Wildman–Crippen LogP) is 5.19. The topological polar surface area (TPSA) is 84.1 Å². The minimum atomic E-state index is -0.783. The van der Waals surface area contributed by atoms with Gasteiger partial charge in [-0.05, 0) is 44.4 Å². The van der Waals surface area contributed by atoms with E-state index >= 15 is 0 Å². The second-order valence-corrected chi connectivity index (χ2v) is 7.89. The first-order valence-corrected chi connectivity index (χ1v) is 10.1. The number of carbonyl (C=O) groups excluding carboxylic acids is 2. The standard InChI is InChI=1S/C21H21Cl2N3O3/c1-12-13(2)26(14-6-3-4-7-14)20(15(12)10-24)25-18(27)11-29-21(28)19-16(22)8-5-9-17(19)23/h5,8-9,14H,3-4,6-7,11H2,1-2H3,(H,25,27). The quantitative estimate of drug-likeness (QED) is 0.656. The zero-order valence-corrected chi connectivity index (χ0v) is 17.7. The van der Waals surface area contributed by atoms with Crippen LogP contribution in [-0.4, -0.2) is 23.1 Å². The van der Waals surface area contributed by atoms with Crippen molar-refractivity contribution in [3.63, 3.8) is 0 Å². The maximum Gasteiger partial charge on any atom is 0.341 e. The number of hydrogen-bond acceptors (Lipinski definition) is 4. The van der Waals surface area contributed by atoms with Gasteiger partial charge < -0.3 is 14.6 Å². The molecule has 1 saturated carbocycles. The molecular formula is C21H21Cl2N3O3. The third-order valence-corrected chi connectivity index (χ3v) is 5.95. The lowest BCUT2D eigenvalue weighted by atomic mass is 10.2. The molecule has 2 aromatic rings. The minimum Gasteiger partial charge on any atom is -0.452 e. The van der Waals surface area contributed by atoms with Crippen molar-refractivity contribution in [1.82, 2.24) is 4.57 Å². The van der Waals surface area contributed by atoms with E-state index < -0.39 is 18.5 Å². The first kappa shape index (κ1) is 21.2. The fourth-order valence-corrected chi connectivity index (χ4v) is 4.32. The van der Waals surface area contributed by atoms with Gasteiger partial charge in [-0.25, -0.2) is 4.79 Å². The zero-order chi connectivity index (χ0) is 21.1. The molecule has 1 N–H and O–H groups in total. The Bertz CT molecular complexity index is 981. The molecule has 6 nitrogen and oxygen atoms in total. The molecule has 0 spiro atoms. The van der Waals surface area contributed by atoms with Crippen LogP contribution in [0.3, 0.4) is 0 Å². The third kappa shape index (κ3) is 4.26. The van der Waals surface area contributed by atoms with Crippen LogP contribution in [0.25, 0.3) is 0 Å². The molecule has 1 aromatic heterocycles. The molecular weight excluding hydrogens is 413 g/mol. The van der Waals surface area contributed by atoms with E-state index in [4.69, 9.17) is 27.9 Å². The molecule has 152 valence electrons. The first-order chi connectivity index (χ1) is 13.8. The highest BCUT2D eigenvalue weighted by Gasteiger charge is 2.27. The van der Waals surface area contributed by atoms with E-state index in [0.717, 1.165) is 36.9 Å². The van der Waals surface area contributed by atoms with Crippen molar-refractivity contribution in [3.05, 3.63) is 50.6 Å². The maximum absolute atomic E-state index is 12.5. The van der Waals surface area contributed by atoms with Gasteiger partial charge >= 0.3 is 5.97 Å². The number of nitrogens with one attached hydrogen (secondary N) is 1. The Morgan fingerprint density at radius 1 is 1.24 bits per heavy atom. The fourth-order valence-electron chi connectivity index (χ4n) is 3.77. The van der Waals surface area contributed by atoms with Crippen LogP contribution >= 0.6 is 23.2 Å². The van der Waals surface area contributed by atoms with Gasteiger partial charge in [0, 0.05) is 11.7 Å². The number of aromatic nitrogens is 1. The van der Waals surface area contributed by atoms with Crippen molar-refractivity contribution in [2.45, 2.75) is 45.6 Å². The van der Waals surface area contributed by atoms with Crippen molar-refractivity contribution >= 4 is 40.9 Å². The van der Waals surface area contributed by atoms with Crippen molar-refractivity contribution in [1.29, 1.82) is 5.26 Å². The van der Waals surface area contributed by atoms with Gasteiger partial charge in [0.15, 0.2) is 6.61 Å². The molecule has 0 atom stereocenters. The second kappa shape index (κ2) is 8.89. The van der Waals surface area contributed by atoms with Crippen LogP contribution < -0.4 is 5.32 Å². The Labute approximate surface area is 179 Å². The average molecular weight is 434 g/mol. The highest BCUT2D eigenvalue weighted by Crippen LogP contribution is 2.37. The molecule has 0 bridgehead atoms. The van der Waals surface area contributed by atoms with Gasteiger partial charge in [0.25, 0.3) is 5.91 Å². The smallest absolute Gasteiger partial charge is 0.341 e. The number of nitrogens with zero attached hydrogens (tertiary/aromatic N) is 2. The molecule has 1 aliphatic rings. The van der Waals surface area contributed by atoms with Crippen molar-refractivity contribution in [3.8, 4) is 6.07 Å². The molecule has 3 rings (SSSR count). The van der Waals surface area contributed by atoms with E-state index in [0.29, 0.717) is 11.4 Å². The summed E-state index contributed by atoms with van der Waals surface area (Å²) >= 11 is 12.0. The minimum absolute atomic E-state index is 0.0161. The number of anilines is 1. The highest BCUT2D eigenvalue weighted by molar-refractivity contribution is 6.39. The van der Waals surface area contributed by atoms with E-state index in [-0.39, 0.29) is 21.7 Å². The number of rotatable bonds is 5. The molecule has 1 heterocycles. The van der Waals surface area contributed by atoms with Crippen LogP contribution in [0.4, 0.5) is 5.82 Å². The van der Waals surface area contributed by atoms with E-state index in [1.54, 1.807) is 6.07 Å². The van der Waals surface area contributed by atoms with Gasteiger partial charge in [0.05, 0.1) is 21.2 Å². The lowest BCUT2D eigenvalue weighted by Crippen LogP contribution is -2.24. The van der Waals surface area contributed by atoms with Crippen molar-refractivity contribution < 1.29 is 14.3 Å². The number of amides is 1. The summed E-state index contributed by atoms with van der Waals surface area (Å²) in [7, 11) is 0. The van der Waals surface area contributed by atoms with Crippen LogP contribution in [0.1, 0.15) is 58.9 Å². The molecule has 1 amide bonds. The lowest BCUT2D eigenvalue weighted by molar-refractivity contribution is -0.119. The number of halogens is 2. The molecule has 0 saturated heterocycles. The lowest BCUT2D eigenvalue weighted by Gasteiger charge is -2.19. The summed E-state index contributed by atoms with van der Waals surface area (Å²) in [5, 5.41) is 12.7. The second-order valence-electron chi connectivity index (χ2n) is 7.08. The summed E-state index contributed by atoms with van der Waals surface area (Å²) in [5.74, 6) is -0.851. The summed E-state index contributed by atoms with van der Waals surface area (Å²) in [5.41, 5.74) is 2.25. The molecule has 8 heteroatoms. The number of nitriles is 1. The van der Waals surface area contributed by atoms with E-state index in [1.807, 2.05) is 18.4 Å². The number of ether oxygens (including phenoxy) is 1. The third-order valence-electron chi connectivity index (χ3n) is 5.32. The number of benzene rings is 1. The van der Waals surface area contributed by atoms with Crippen LogP contribution in [-0.2, 0) is 9.53 Å². The Balaban J connectivity index is 1.76. The van der Waals surface area contributed by atoms with Crippen molar-refractivity contribution in [2.24, 2.45) is 0 Å². The van der Waals surface area contributed by atoms with Gasteiger partial charge in [-0.2, -0.15) is 5.26 Å². The molecule has 1 fully saturated rings. The SMILES string of the molecule is Cc1c(C#N)c(NC(=O)COC(=O)c2c(Cl)cccc2Cl)n(C2CCCC2)c1C.